The summed E-state index contributed by atoms with van der Waals surface area (Å²) in [5.74, 6) is 1.04. The van der Waals surface area contributed by atoms with Crippen molar-refractivity contribution < 1.29 is 4.74 Å². The van der Waals surface area contributed by atoms with Gasteiger partial charge in [0.15, 0.2) is 11.2 Å². The van der Waals surface area contributed by atoms with Crippen LogP contribution in [0.5, 0.6) is 0 Å². The van der Waals surface area contributed by atoms with Gasteiger partial charge in [-0.05, 0) is 30.0 Å². The predicted molar refractivity (Wildman–Crippen MR) is 113 cm³/mol. The lowest BCUT2D eigenvalue weighted by atomic mass is 10.1. The smallest absolute Gasteiger partial charge is 0.332 e. The second-order valence-corrected chi connectivity index (χ2v) is 7.72. The number of aromatic nitrogens is 4. The van der Waals surface area contributed by atoms with Gasteiger partial charge in [-0.15, -0.1) is 0 Å². The fraction of sp³-hybridized carbons (Fsp3) is 0.476. The molecule has 0 radical (unpaired) electrons. The van der Waals surface area contributed by atoms with E-state index in [2.05, 4.69) is 43.0 Å². The summed E-state index contributed by atoms with van der Waals surface area (Å²) in [5, 5.41) is 0. The molecule has 0 aliphatic carbocycles. The summed E-state index contributed by atoms with van der Waals surface area (Å²) in [4.78, 5) is 32.8. The van der Waals surface area contributed by atoms with Gasteiger partial charge in [0, 0.05) is 32.9 Å². The Labute approximate surface area is 169 Å². The minimum absolute atomic E-state index is 0.218. The summed E-state index contributed by atoms with van der Waals surface area (Å²) >= 11 is 0. The number of imidazole rings is 1. The third-order valence-corrected chi connectivity index (χ3v) is 5.62. The quantitative estimate of drug-likeness (QED) is 0.657. The first-order chi connectivity index (χ1) is 14.0. The highest BCUT2D eigenvalue weighted by molar-refractivity contribution is 5.77. The fourth-order valence-electron chi connectivity index (χ4n) is 4.01. The maximum absolute atomic E-state index is 13.2. The Bertz CT molecular complexity index is 1160. The summed E-state index contributed by atoms with van der Waals surface area (Å²) in [6.07, 6.45) is 0.984. The first-order valence-corrected chi connectivity index (χ1v) is 10.0. The predicted octanol–water partition coefficient (Wildman–Crippen LogP) is 1.89. The van der Waals surface area contributed by atoms with Crippen molar-refractivity contribution in [1.29, 1.82) is 0 Å². The molecule has 0 unspecified atom stereocenters. The lowest BCUT2D eigenvalue weighted by molar-refractivity contribution is 0.184. The molecule has 1 atom stereocenters. The second-order valence-electron chi connectivity index (χ2n) is 7.72. The van der Waals surface area contributed by atoms with E-state index < -0.39 is 0 Å². The van der Waals surface area contributed by atoms with Crippen LogP contribution in [0.3, 0.4) is 0 Å². The number of benzene rings is 1. The van der Waals surface area contributed by atoms with Crippen LogP contribution in [0.2, 0.25) is 0 Å². The molecule has 3 heterocycles. The SMILES string of the molecule is CCc1ccc(N2C[C@H](C)Cn3c2nc2c3c(=O)n(CCOC)c(=O)n2C)cc1. The number of nitrogens with zero attached hydrogens (tertiary/aromatic N) is 5. The number of hydrogen-bond donors (Lipinski definition) is 0. The second kappa shape index (κ2) is 7.51. The molecule has 154 valence electrons. The molecule has 1 aromatic carbocycles. The monoisotopic (exact) mass is 397 g/mol. The number of ether oxygens (including phenoxy) is 1. The van der Waals surface area contributed by atoms with Crippen molar-refractivity contribution in [2.75, 3.05) is 25.2 Å². The van der Waals surface area contributed by atoms with Gasteiger partial charge in [0.1, 0.15) is 0 Å². The lowest BCUT2D eigenvalue weighted by Crippen LogP contribution is -2.41. The Morgan fingerprint density at radius 3 is 2.55 bits per heavy atom. The van der Waals surface area contributed by atoms with Gasteiger partial charge in [-0.25, -0.2) is 4.79 Å². The van der Waals surface area contributed by atoms with Crippen LogP contribution >= 0.6 is 0 Å². The van der Waals surface area contributed by atoms with Gasteiger partial charge in [0.2, 0.25) is 5.95 Å². The molecule has 2 aromatic heterocycles. The van der Waals surface area contributed by atoms with Crippen LogP contribution in [0.15, 0.2) is 33.9 Å². The molecule has 4 rings (SSSR count). The van der Waals surface area contributed by atoms with Gasteiger partial charge >= 0.3 is 5.69 Å². The molecule has 0 amide bonds. The Morgan fingerprint density at radius 2 is 1.90 bits per heavy atom. The van der Waals surface area contributed by atoms with Crippen LogP contribution in [-0.4, -0.2) is 38.9 Å². The average Bonchev–Trinajstić information content (AvgIpc) is 3.11. The molecule has 0 N–H and O–H groups in total. The highest BCUT2D eigenvalue weighted by Crippen LogP contribution is 2.32. The van der Waals surface area contributed by atoms with E-state index in [-0.39, 0.29) is 17.8 Å². The largest absolute Gasteiger partial charge is 0.383 e. The van der Waals surface area contributed by atoms with E-state index in [0.29, 0.717) is 36.2 Å². The number of anilines is 2. The molecule has 0 saturated heterocycles. The molecule has 1 aliphatic heterocycles. The van der Waals surface area contributed by atoms with E-state index in [1.807, 2.05) is 4.57 Å². The van der Waals surface area contributed by atoms with Crippen molar-refractivity contribution in [3.8, 4) is 0 Å². The lowest BCUT2D eigenvalue weighted by Gasteiger charge is -2.33. The maximum atomic E-state index is 13.2. The molecule has 0 spiro atoms. The fourth-order valence-corrected chi connectivity index (χ4v) is 4.01. The maximum Gasteiger partial charge on any atom is 0.332 e. The zero-order chi connectivity index (χ0) is 20.7. The number of fused-ring (bicyclic) bond motifs is 3. The van der Waals surface area contributed by atoms with Gasteiger partial charge in [-0.3, -0.25) is 13.9 Å². The highest BCUT2D eigenvalue weighted by Gasteiger charge is 2.29. The topological polar surface area (TPSA) is 74.3 Å². The van der Waals surface area contributed by atoms with Crippen molar-refractivity contribution in [2.45, 2.75) is 33.4 Å². The number of aryl methyl sites for hydroxylation is 2. The van der Waals surface area contributed by atoms with E-state index in [9.17, 15) is 9.59 Å². The van der Waals surface area contributed by atoms with E-state index in [1.54, 1.807) is 14.2 Å². The van der Waals surface area contributed by atoms with Crippen LogP contribution in [0.4, 0.5) is 11.6 Å². The van der Waals surface area contributed by atoms with Crippen molar-refractivity contribution in [2.24, 2.45) is 13.0 Å². The Balaban J connectivity index is 1.93. The summed E-state index contributed by atoms with van der Waals surface area (Å²) in [7, 11) is 3.22. The molecule has 8 nitrogen and oxygen atoms in total. The third kappa shape index (κ3) is 3.17. The zero-order valence-electron chi connectivity index (χ0n) is 17.4. The van der Waals surface area contributed by atoms with Crippen molar-refractivity contribution in [3.63, 3.8) is 0 Å². The highest BCUT2D eigenvalue weighted by atomic mass is 16.5. The van der Waals surface area contributed by atoms with Crippen molar-refractivity contribution >= 4 is 22.8 Å². The molecule has 3 aromatic rings. The first-order valence-electron chi connectivity index (χ1n) is 10.0. The first kappa shape index (κ1) is 19.4. The van der Waals surface area contributed by atoms with E-state index in [4.69, 9.17) is 9.72 Å². The van der Waals surface area contributed by atoms with E-state index in [0.717, 1.165) is 18.7 Å². The molecular formula is C21H27N5O3. The van der Waals surface area contributed by atoms with Crippen LogP contribution in [-0.2, 0) is 31.3 Å². The van der Waals surface area contributed by atoms with Gasteiger partial charge in [-0.1, -0.05) is 26.0 Å². The minimum atomic E-state index is -0.373. The molecule has 29 heavy (non-hydrogen) atoms. The molecule has 0 saturated carbocycles. The van der Waals surface area contributed by atoms with E-state index in [1.165, 1.54) is 14.7 Å². The van der Waals surface area contributed by atoms with Gasteiger partial charge in [-0.2, -0.15) is 4.98 Å². The van der Waals surface area contributed by atoms with Crippen LogP contribution in [0, 0.1) is 5.92 Å². The van der Waals surface area contributed by atoms with Crippen molar-refractivity contribution in [3.05, 3.63) is 50.7 Å². The van der Waals surface area contributed by atoms with Gasteiger partial charge in [0.25, 0.3) is 5.56 Å². The van der Waals surface area contributed by atoms with Crippen LogP contribution in [0.25, 0.3) is 11.2 Å². The molecule has 0 fully saturated rings. The third-order valence-electron chi connectivity index (χ3n) is 5.62. The van der Waals surface area contributed by atoms with Crippen molar-refractivity contribution in [1.82, 2.24) is 18.7 Å². The van der Waals surface area contributed by atoms with Gasteiger partial charge in [0.05, 0.1) is 13.2 Å². The summed E-state index contributed by atoms with van der Waals surface area (Å²) < 4.78 is 9.73. The normalized spacial score (nSPS) is 16.4. The standard InChI is InChI=1S/C21H27N5O3/c1-5-15-6-8-16(9-7-15)25-12-14(2)13-26-17-18(22-20(25)26)23(3)21(28)24(19(17)27)10-11-29-4/h6-9,14H,5,10-13H2,1-4H3/t14-/m0/s1. The van der Waals surface area contributed by atoms with Crippen LogP contribution < -0.4 is 16.1 Å². The average molecular weight is 397 g/mol. The summed E-state index contributed by atoms with van der Waals surface area (Å²) in [5.41, 5.74) is 2.52. The van der Waals surface area contributed by atoms with Crippen LogP contribution in [0.1, 0.15) is 19.4 Å². The summed E-state index contributed by atoms with van der Waals surface area (Å²) in [6.45, 7) is 6.30. The minimum Gasteiger partial charge on any atom is -0.383 e. The van der Waals surface area contributed by atoms with Gasteiger partial charge < -0.3 is 14.2 Å². The molecule has 1 aliphatic rings. The Morgan fingerprint density at radius 1 is 1.17 bits per heavy atom. The molecular weight excluding hydrogens is 370 g/mol. The number of hydrogen-bond acceptors (Lipinski definition) is 5. The Hall–Kier alpha value is -2.87. The molecule has 8 heteroatoms. The number of methoxy groups -OCH3 is 1. The zero-order valence-corrected chi connectivity index (χ0v) is 17.4. The summed E-state index contributed by atoms with van der Waals surface area (Å²) in [6, 6.07) is 8.43. The van der Waals surface area contributed by atoms with E-state index >= 15 is 0 Å². The molecule has 0 bridgehead atoms. The Kier molecular flexibility index (Phi) is 5.04. The number of rotatable bonds is 5.